The summed E-state index contributed by atoms with van der Waals surface area (Å²) in [6, 6.07) is 9.52. The molecule has 162 valence electrons. The van der Waals surface area contributed by atoms with Gasteiger partial charge in [-0.05, 0) is 30.7 Å². The van der Waals surface area contributed by atoms with E-state index >= 15 is 0 Å². The van der Waals surface area contributed by atoms with Gasteiger partial charge in [0.1, 0.15) is 27.8 Å². The highest BCUT2D eigenvalue weighted by Crippen LogP contribution is 2.41. The lowest BCUT2D eigenvalue weighted by Gasteiger charge is -2.08. The van der Waals surface area contributed by atoms with Crippen LogP contribution in [0.4, 0.5) is 15.8 Å². The Bertz CT molecular complexity index is 1340. The Kier molecular flexibility index (Phi) is 6.01. The highest BCUT2D eigenvalue weighted by atomic mass is 32.2. The van der Waals surface area contributed by atoms with Crippen molar-refractivity contribution in [3.8, 4) is 16.9 Å². The fraction of sp³-hybridized carbons (Fsp3) is 0.0952. The summed E-state index contributed by atoms with van der Waals surface area (Å²) >= 11 is 2.65. The van der Waals surface area contributed by atoms with E-state index in [-0.39, 0.29) is 28.7 Å². The molecule has 0 aliphatic heterocycles. The van der Waals surface area contributed by atoms with E-state index < -0.39 is 10.8 Å². The molecule has 4 rings (SSSR count). The highest BCUT2D eigenvalue weighted by Gasteiger charge is 2.19. The molecule has 2 aromatic heterocycles. The third-order valence-electron chi connectivity index (χ3n) is 4.57. The van der Waals surface area contributed by atoms with Gasteiger partial charge in [-0.25, -0.2) is 14.4 Å². The van der Waals surface area contributed by atoms with E-state index in [1.165, 1.54) is 41.6 Å². The van der Waals surface area contributed by atoms with Crippen LogP contribution in [-0.2, 0) is 4.79 Å². The minimum absolute atomic E-state index is 0.0454. The first kappa shape index (κ1) is 21.7. The molecule has 0 aliphatic rings. The van der Waals surface area contributed by atoms with Crippen LogP contribution >= 0.6 is 23.1 Å². The Morgan fingerprint density at radius 1 is 1.25 bits per heavy atom. The minimum atomic E-state index is -0.614. The van der Waals surface area contributed by atoms with Gasteiger partial charge in [-0.1, -0.05) is 23.9 Å². The molecule has 0 spiro atoms. The van der Waals surface area contributed by atoms with Gasteiger partial charge in [0.2, 0.25) is 5.91 Å². The quantitative estimate of drug-likeness (QED) is 0.131. The molecule has 0 radical (unpaired) electrons. The summed E-state index contributed by atoms with van der Waals surface area (Å²) < 4.78 is 13.4. The zero-order chi connectivity index (χ0) is 22.8. The summed E-state index contributed by atoms with van der Waals surface area (Å²) in [6.45, 7) is 1.94. The number of nitro groups is 1. The first-order valence-electron chi connectivity index (χ1n) is 9.23. The van der Waals surface area contributed by atoms with Gasteiger partial charge in [0.05, 0.1) is 21.7 Å². The van der Waals surface area contributed by atoms with Gasteiger partial charge in [-0.2, -0.15) is 0 Å². The fourth-order valence-electron chi connectivity index (χ4n) is 3.15. The zero-order valence-corrected chi connectivity index (χ0v) is 18.2. The predicted molar refractivity (Wildman–Crippen MR) is 122 cm³/mol. The molecule has 0 fully saturated rings. The first-order valence-corrected chi connectivity index (χ1v) is 11.0. The number of halogens is 1. The monoisotopic (exact) mass is 470 g/mol. The van der Waals surface area contributed by atoms with E-state index in [0.717, 1.165) is 44.4 Å². The van der Waals surface area contributed by atoms with Crippen molar-refractivity contribution in [1.29, 1.82) is 0 Å². The second-order valence-corrected chi connectivity index (χ2v) is 8.86. The molecule has 0 bridgehead atoms. The van der Waals surface area contributed by atoms with E-state index in [0.29, 0.717) is 5.03 Å². The van der Waals surface area contributed by atoms with Crippen molar-refractivity contribution in [2.24, 2.45) is 0 Å². The molecule has 2 N–H and O–H groups in total. The number of nitro benzene ring substituents is 1. The van der Waals surface area contributed by atoms with Crippen molar-refractivity contribution in [2.75, 3.05) is 11.1 Å². The van der Waals surface area contributed by atoms with E-state index in [2.05, 4.69) is 15.3 Å². The molecular weight excluding hydrogens is 455 g/mol. The number of fused-ring (bicyclic) bond motifs is 1. The Hall–Kier alpha value is -3.57. The lowest BCUT2D eigenvalue weighted by molar-refractivity contribution is -0.384. The number of hydrogen-bond donors (Lipinski definition) is 2. The number of thioether (sulfide) groups is 1. The van der Waals surface area contributed by atoms with Crippen LogP contribution in [0.5, 0.6) is 5.75 Å². The Morgan fingerprint density at radius 3 is 2.72 bits per heavy atom. The van der Waals surface area contributed by atoms with Crippen molar-refractivity contribution in [3.63, 3.8) is 0 Å². The number of aryl methyl sites for hydroxylation is 1. The van der Waals surface area contributed by atoms with E-state index in [1.807, 2.05) is 6.92 Å². The number of phenols is 1. The molecule has 2 aromatic carbocycles. The average Bonchev–Trinajstić information content (AvgIpc) is 3.10. The number of phenolic OH excluding ortho intramolecular Hbond substituents is 1. The van der Waals surface area contributed by atoms with Crippen molar-refractivity contribution in [1.82, 2.24) is 9.97 Å². The van der Waals surface area contributed by atoms with E-state index in [4.69, 9.17) is 0 Å². The summed E-state index contributed by atoms with van der Waals surface area (Å²) in [4.78, 5) is 33.1. The third-order valence-corrected chi connectivity index (χ3v) is 6.57. The van der Waals surface area contributed by atoms with Crippen molar-refractivity contribution in [2.45, 2.75) is 11.9 Å². The van der Waals surface area contributed by atoms with E-state index in [9.17, 15) is 24.4 Å². The molecule has 0 aliphatic carbocycles. The number of aromatic nitrogens is 2. The third kappa shape index (κ3) is 4.39. The number of benzene rings is 2. The second-order valence-electron chi connectivity index (χ2n) is 6.69. The van der Waals surface area contributed by atoms with Crippen LogP contribution in [-0.4, -0.2) is 31.7 Å². The maximum atomic E-state index is 13.4. The van der Waals surface area contributed by atoms with Gasteiger partial charge in [-0.15, -0.1) is 11.3 Å². The summed E-state index contributed by atoms with van der Waals surface area (Å²) in [6.07, 6.45) is 1.42. The molecule has 11 heteroatoms. The van der Waals surface area contributed by atoms with Crippen molar-refractivity contribution >= 4 is 50.6 Å². The Labute approximate surface area is 189 Å². The molecule has 0 saturated carbocycles. The summed E-state index contributed by atoms with van der Waals surface area (Å²) in [7, 11) is 0. The number of nitrogens with zero attached hydrogens (tertiary/aromatic N) is 3. The van der Waals surface area contributed by atoms with Crippen molar-refractivity contribution in [3.05, 3.63) is 69.6 Å². The smallest absolute Gasteiger partial charge is 0.271 e. The summed E-state index contributed by atoms with van der Waals surface area (Å²) in [5.41, 5.74) is 1.40. The summed E-state index contributed by atoms with van der Waals surface area (Å²) in [5, 5.41) is 24.7. The number of anilines is 1. The van der Waals surface area contributed by atoms with Gasteiger partial charge in [0, 0.05) is 22.6 Å². The van der Waals surface area contributed by atoms with Crippen LogP contribution in [0.15, 0.2) is 53.8 Å². The van der Waals surface area contributed by atoms with Crippen LogP contribution in [0.2, 0.25) is 0 Å². The van der Waals surface area contributed by atoms with Gasteiger partial charge in [-0.3, -0.25) is 14.9 Å². The number of thiophene rings is 1. The number of amides is 1. The molecule has 8 nitrogen and oxygen atoms in total. The molecule has 4 aromatic rings. The lowest BCUT2D eigenvalue weighted by atomic mass is 10.0. The fourth-order valence-corrected chi connectivity index (χ4v) is 5.03. The number of non-ortho nitro benzene ring substituents is 1. The SMILES string of the molecule is Cc1sc2ncnc(SCC(=O)Nc3cc([N+](=O)[O-])ccc3O)c2c1-c1ccc(F)cc1. The highest BCUT2D eigenvalue weighted by molar-refractivity contribution is 8.00. The molecule has 32 heavy (non-hydrogen) atoms. The summed E-state index contributed by atoms with van der Waals surface area (Å²) in [5.74, 6) is -1.12. The number of rotatable bonds is 6. The number of aromatic hydroxyl groups is 1. The molecule has 0 unspecified atom stereocenters. The van der Waals surface area contributed by atoms with Crippen LogP contribution in [0.3, 0.4) is 0 Å². The molecule has 0 saturated heterocycles. The maximum Gasteiger partial charge on any atom is 0.271 e. The van der Waals surface area contributed by atoms with Gasteiger partial charge in [0.25, 0.3) is 5.69 Å². The lowest BCUT2D eigenvalue weighted by Crippen LogP contribution is -2.14. The molecule has 2 heterocycles. The Morgan fingerprint density at radius 2 is 2.00 bits per heavy atom. The average molecular weight is 471 g/mol. The number of carbonyl (C=O) groups is 1. The second kappa shape index (κ2) is 8.89. The molecular formula is C21H15FN4O4S2. The molecule has 1 amide bonds. The van der Waals surface area contributed by atoms with Crippen LogP contribution in [0.25, 0.3) is 21.3 Å². The van der Waals surface area contributed by atoms with Crippen molar-refractivity contribution < 1.29 is 19.2 Å². The molecule has 0 atom stereocenters. The number of nitrogens with one attached hydrogen (secondary N) is 1. The zero-order valence-electron chi connectivity index (χ0n) is 16.5. The predicted octanol–water partition coefficient (Wildman–Crippen LogP) is 5.15. The van der Waals surface area contributed by atoms with Crippen LogP contribution < -0.4 is 5.32 Å². The van der Waals surface area contributed by atoms with Gasteiger partial charge < -0.3 is 10.4 Å². The normalized spacial score (nSPS) is 10.9. The Balaban J connectivity index is 1.59. The standard InChI is InChI=1S/C21H15FN4O4S2/c1-11-18(12-2-4-13(22)5-3-12)19-20(23-10-24-21(19)32-11)31-9-17(28)25-15-8-14(26(29)30)6-7-16(15)27/h2-8,10,27H,9H2,1H3,(H,25,28). The van der Waals surface area contributed by atoms with Crippen LogP contribution in [0, 0.1) is 22.9 Å². The minimum Gasteiger partial charge on any atom is -0.506 e. The maximum absolute atomic E-state index is 13.4. The van der Waals surface area contributed by atoms with E-state index in [1.54, 1.807) is 12.1 Å². The topological polar surface area (TPSA) is 118 Å². The number of hydrogen-bond acceptors (Lipinski definition) is 8. The van der Waals surface area contributed by atoms with Gasteiger partial charge >= 0.3 is 0 Å². The largest absolute Gasteiger partial charge is 0.506 e. The van der Waals surface area contributed by atoms with Gasteiger partial charge in [0.15, 0.2) is 0 Å². The first-order chi connectivity index (χ1) is 15.3. The van der Waals surface area contributed by atoms with Crippen LogP contribution in [0.1, 0.15) is 4.88 Å². The number of carbonyl (C=O) groups excluding carboxylic acids is 1.